The average molecular weight is 370 g/mol. The zero-order valence-electron chi connectivity index (χ0n) is 10.0. The summed E-state index contributed by atoms with van der Waals surface area (Å²) in [4.78, 5) is 4.15. The first kappa shape index (κ1) is 13.7. The molecule has 0 amide bonds. The van der Waals surface area contributed by atoms with E-state index in [1.54, 1.807) is 6.20 Å². The molecular formula is C14H14Br2N2. The van der Waals surface area contributed by atoms with E-state index < -0.39 is 0 Å². The molecule has 2 rings (SSSR count). The number of nitrogens with two attached hydrogens (primary N) is 1. The van der Waals surface area contributed by atoms with E-state index in [1.165, 1.54) is 5.56 Å². The van der Waals surface area contributed by atoms with Crippen LogP contribution in [-0.2, 0) is 6.42 Å². The zero-order chi connectivity index (χ0) is 13.1. The van der Waals surface area contributed by atoms with Crippen molar-refractivity contribution in [1.82, 2.24) is 4.98 Å². The number of aromatic nitrogens is 1. The second kappa shape index (κ2) is 5.95. The lowest BCUT2D eigenvalue weighted by Gasteiger charge is -2.13. The van der Waals surface area contributed by atoms with Crippen molar-refractivity contribution >= 4 is 31.9 Å². The lowest BCUT2D eigenvalue weighted by atomic mass is 9.99. The highest BCUT2D eigenvalue weighted by Gasteiger charge is 2.09. The van der Waals surface area contributed by atoms with E-state index in [9.17, 15) is 0 Å². The minimum atomic E-state index is -0.00657. The molecule has 1 aromatic heterocycles. The summed E-state index contributed by atoms with van der Waals surface area (Å²) in [6.07, 6.45) is 4.42. The molecule has 18 heavy (non-hydrogen) atoms. The first-order chi connectivity index (χ1) is 8.56. The molecule has 1 heterocycles. The zero-order valence-corrected chi connectivity index (χ0v) is 13.2. The maximum absolute atomic E-state index is 6.24. The largest absolute Gasteiger partial charge is 0.324 e. The monoisotopic (exact) mass is 368 g/mol. The van der Waals surface area contributed by atoms with Crippen molar-refractivity contribution in [3.8, 4) is 0 Å². The van der Waals surface area contributed by atoms with Gasteiger partial charge in [0, 0.05) is 27.4 Å². The predicted molar refractivity (Wildman–Crippen MR) is 81.4 cm³/mol. The molecule has 2 aromatic rings. The summed E-state index contributed by atoms with van der Waals surface area (Å²) >= 11 is 6.92. The first-order valence-electron chi connectivity index (χ1n) is 5.67. The Morgan fingerprint density at radius 1 is 1.22 bits per heavy atom. The maximum atomic E-state index is 6.24. The summed E-state index contributed by atoms with van der Waals surface area (Å²) in [5, 5.41) is 0. The Morgan fingerprint density at radius 3 is 2.67 bits per heavy atom. The molecule has 1 atom stereocenters. The molecule has 2 nitrogen and oxygen atoms in total. The average Bonchev–Trinajstić information content (AvgIpc) is 2.32. The molecule has 0 aliphatic carbocycles. The highest BCUT2D eigenvalue weighted by Crippen LogP contribution is 2.23. The molecule has 1 unspecified atom stereocenters. The summed E-state index contributed by atoms with van der Waals surface area (Å²) in [6, 6.07) is 8.28. The fourth-order valence-corrected chi connectivity index (χ4v) is 2.50. The third-order valence-electron chi connectivity index (χ3n) is 2.83. The van der Waals surface area contributed by atoms with E-state index in [4.69, 9.17) is 5.73 Å². The number of aryl methyl sites for hydroxylation is 1. The standard InChI is InChI=1S/C14H14Br2N2/c1-9-4-11(2-3-13(9)16)14(17)6-10-5-12(15)8-18-7-10/h2-5,7-8,14H,6,17H2,1H3. The molecule has 0 bridgehead atoms. The van der Waals surface area contributed by atoms with E-state index in [0.717, 1.165) is 26.5 Å². The number of nitrogens with zero attached hydrogens (tertiary/aromatic N) is 1. The number of rotatable bonds is 3. The van der Waals surface area contributed by atoms with Gasteiger partial charge in [0.25, 0.3) is 0 Å². The summed E-state index contributed by atoms with van der Waals surface area (Å²) in [7, 11) is 0. The van der Waals surface area contributed by atoms with Gasteiger partial charge in [-0.15, -0.1) is 0 Å². The molecule has 0 saturated heterocycles. The fourth-order valence-electron chi connectivity index (χ4n) is 1.84. The van der Waals surface area contributed by atoms with Crippen molar-refractivity contribution in [2.45, 2.75) is 19.4 Å². The van der Waals surface area contributed by atoms with Gasteiger partial charge in [0.2, 0.25) is 0 Å². The Bertz CT molecular complexity index is 555. The van der Waals surface area contributed by atoms with Gasteiger partial charge in [0.1, 0.15) is 0 Å². The van der Waals surface area contributed by atoms with Crippen LogP contribution in [0.15, 0.2) is 45.6 Å². The molecule has 1 aromatic carbocycles. The van der Waals surface area contributed by atoms with Crippen molar-refractivity contribution < 1.29 is 0 Å². The van der Waals surface area contributed by atoms with Crippen LogP contribution >= 0.6 is 31.9 Å². The van der Waals surface area contributed by atoms with Gasteiger partial charge >= 0.3 is 0 Å². The van der Waals surface area contributed by atoms with Crippen LogP contribution in [0.2, 0.25) is 0 Å². The van der Waals surface area contributed by atoms with E-state index in [1.807, 2.05) is 12.3 Å². The van der Waals surface area contributed by atoms with E-state index in [2.05, 4.69) is 62.0 Å². The van der Waals surface area contributed by atoms with Crippen LogP contribution in [0.4, 0.5) is 0 Å². The normalized spacial score (nSPS) is 12.4. The van der Waals surface area contributed by atoms with Crippen LogP contribution < -0.4 is 5.73 Å². The van der Waals surface area contributed by atoms with Crippen LogP contribution in [0.25, 0.3) is 0 Å². The molecule has 2 N–H and O–H groups in total. The van der Waals surface area contributed by atoms with Crippen molar-refractivity contribution in [2.24, 2.45) is 5.73 Å². The SMILES string of the molecule is Cc1cc(C(N)Cc2cncc(Br)c2)ccc1Br. The van der Waals surface area contributed by atoms with Crippen LogP contribution in [0, 0.1) is 6.92 Å². The fraction of sp³-hybridized carbons (Fsp3) is 0.214. The summed E-state index contributed by atoms with van der Waals surface area (Å²) in [5.74, 6) is 0. The summed E-state index contributed by atoms with van der Waals surface area (Å²) < 4.78 is 2.10. The Hall–Kier alpha value is -0.710. The van der Waals surface area contributed by atoms with Crippen molar-refractivity contribution in [3.63, 3.8) is 0 Å². The first-order valence-corrected chi connectivity index (χ1v) is 7.26. The van der Waals surface area contributed by atoms with Gasteiger partial charge < -0.3 is 5.73 Å². The number of hydrogen-bond acceptors (Lipinski definition) is 2. The van der Waals surface area contributed by atoms with Gasteiger partial charge in [-0.2, -0.15) is 0 Å². The highest BCUT2D eigenvalue weighted by atomic mass is 79.9. The van der Waals surface area contributed by atoms with Crippen molar-refractivity contribution in [3.05, 3.63) is 62.3 Å². The molecule has 0 radical (unpaired) electrons. The Labute approximate surface area is 124 Å². The minimum absolute atomic E-state index is 0.00657. The molecule has 94 valence electrons. The number of halogens is 2. The van der Waals surface area contributed by atoms with Gasteiger partial charge in [0.15, 0.2) is 0 Å². The van der Waals surface area contributed by atoms with Crippen molar-refractivity contribution in [2.75, 3.05) is 0 Å². The number of benzene rings is 1. The number of pyridine rings is 1. The van der Waals surface area contributed by atoms with Crippen LogP contribution in [-0.4, -0.2) is 4.98 Å². The summed E-state index contributed by atoms with van der Waals surface area (Å²) in [6.45, 7) is 2.07. The molecule has 0 aliphatic rings. The molecule has 0 fully saturated rings. The Morgan fingerprint density at radius 2 is 2.00 bits per heavy atom. The number of hydrogen-bond donors (Lipinski definition) is 1. The van der Waals surface area contributed by atoms with Gasteiger partial charge in [-0.3, -0.25) is 4.98 Å². The Kier molecular flexibility index (Phi) is 4.54. The van der Waals surface area contributed by atoms with Crippen LogP contribution in [0.3, 0.4) is 0 Å². The molecule has 0 saturated carbocycles. The topological polar surface area (TPSA) is 38.9 Å². The molecule has 4 heteroatoms. The smallest absolute Gasteiger partial charge is 0.0410 e. The third kappa shape index (κ3) is 3.40. The third-order valence-corrected chi connectivity index (χ3v) is 4.15. The van der Waals surface area contributed by atoms with Gasteiger partial charge in [-0.1, -0.05) is 28.1 Å². The predicted octanol–water partition coefficient (Wildman–Crippen LogP) is 4.16. The highest BCUT2D eigenvalue weighted by molar-refractivity contribution is 9.10. The van der Waals surface area contributed by atoms with Crippen LogP contribution in [0.5, 0.6) is 0 Å². The van der Waals surface area contributed by atoms with Gasteiger partial charge in [0.05, 0.1) is 0 Å². The summed E-state index contributed by atoms with van der Waals surface area (Å²) in [5.41, 5.74) is 9.73. The van der Waals surface area contributed by atoms with E-state index in [0.29, 0.717) is 0 Å². The van der Waals surface area contributed by atoms with Crippen LogP contribution in [0.1, 0.15) is 22.7 Å². The lowest BCUT2D eigenvalue weighted by molar-refractivity contribution is 0.718. The van der Waals surface area contributed by atoms with Crippen molar-refractivity contribution in [1.29, 1.82) is 0 Å². The second-order valence-electron chi connectivity index (χ2n) is 4.33. The van der Waals surface area contributed by atoms with E-state index in [-0.39, 0.29) is 6.04 Å². The maximum Gasteiger partial charge on any atom is 0.0410 e. The second-order valence-corrected chi connectivity index (χ2v) is 6.10. The quantitative estimate of drug-likeness (QED) is 0.882. The van der Waals surface area contributed by atoms with Gasteiger partial charge in [-0.05, 0) is 58.1 Å². The Balaban J connectivity index is 2.16. The molecule has 0 aliphatic heterocycles. The minimum Gasteiger partial charge on any atom is -0.324 e. The van der Waals surface area contributed by atoms with Gasteiger partial charge in [-0.25, -0.2) is 0 Å². The lowest BCUT2D eigenvalue weighted by Crippen LogP contribution is -2.13. The molecule has 0 spiro atoms. The molecular weight excluding hydrogens is 356 g/mol. The van der Waals surface area contributed by atoms with E-state index >= 15 is 0 Å².